The number of aromatic nitrogens is 2. The summed E-state index contributed by atoms with van der Waals surface area (Å²) >= 11 is 1.45. The van der Waals surface area contributed by atoms with Crippen LogP contribution in [-0.4, -0.2) is 15.9 Å². The number of halogens is 1. The predicted octanol–water partition coefficient (Wildman–Crippen LogP) is 6.17. The second kappa shape index (κ2) is 9.00. The molecule has 0 bridgehead atoms. The largest absolute Gasteiger partial charge is 0.339 e. The number of unbranched alkanes of at least 4 members (excludes halogenated alkanes) is 1. The van der Waals surface area contributed by atoms with Gasteiger partial charge in [0.05, 0.1) is 15.8 Å². The van der Waals surface area contributed by atoms with Gasteiger partial charge in [0, 0.05) is 11.9 Å². The monoisotopic (exact) mass is 420 g/mol. The number of hydrogen-bond donors (Lipinski definition) is 2. The molecule has 0 unspecified atom stereocenters. The Morgan fingerprint density at radius 3 is 2.87 bits per heavy atom. The van der Waals surface area contributed by atoms with Crippen molar-refractivity contribution < 1.29 is 9.18 Å². The van der Waals surface area contributed by atoms with Crippen molar-refractivity contribution in [3.8, 4) is 0 Å². The number of fused-ring (bicyclic) bond motifs is 1. The van der Waals surface area contributed by atoms with Crippen LogP contribution in [0.2, 0.25) is 0 Å². The summed E-state index contributed by atoms with van der Waals surface area (Å²) < 4.78 is 14.5. The molecule has 2 aromatic heterocycles. The lowest BCUT2D eigenvalue weighted by molar-refractivity contribution is 0.102. The minimum atomic E-state index is -0.366. The Balaban J connectivity index is 1.54. The fraction of sp³-hybridized carbons (Fsp3) is 0.174. The fourth-order valence-electron chi connectivity index (χ4n) is 3.11. The van der Waals surface area contributed by atoms with Crippen molar-refractivity contribution in [1.29, 1.82) is 0 Å². The summed E-state index contributed by atoms with van der Waals surface area (Å²) in [7, 11) is 0. The average Bonchev–Trinajstić information content (AvgIpc) is 3.14. The second-order valence-electron chi connectivity index (χ2n) is 6.91. The van der Waals surface area contributed by atoms with Crippen LogP contribution in [-0.2, 0) is 6.42 Å². The van der Waals surface area contributed by atoms with Gasteiger partial charge in [-0.15, -0.1) is 0 Å². The molecule has 152 valence electrons. The molecule has 1 amide bonds. The third kappa shape index (κ3) is 4.63. The third-order valence-corrected chi connectivity index (χ3v) is 5.57. The Kier molecular flexibility index (Phi) is 5.99. The van der Waals surface area contributed by atoms with E-state index < -0.39 is 0 Å². The minimum Gasteiger partial charge on any atom is -0.339 e. The van der Waals surface area contributed by atoms with Crippen molar-refractivity contribution in [1.82, 2.24) is 9.97 Å². The van der Waals surface area contributed by atoms with Crippen molar-refractivity contribution in [2.45, 2.75) is 26.2 Å². The number of anilines is 3. The zero-order valence-corrected chi connectivity index (χ0v) is 17.3. The van der Waals surface area contributed by atoms with E-state index in [1.54, 1.807) is 30.5 Å². The van der Waals surface area contributed by atoms with E-state index in [9.17, 15) is 9.18 Å². The summed E-state index contributed by atoms with van der Waals surface area (Å²) in [5.74, 6) is -0.342. The van der Waals surface area contributed by atoms with Crippen LogP contribution in [0.25, 0.3) is 10.2 Å². The molecule has 30 heavy (non-hydrogen) atoms. The number of thiazole rings is 1. The van der Waals surface area contributed by atoms with Crippen LogP contribution in [0.15, 0.2) is 60.8 Å². The standard InChI is InChI=1S/C23H21FN4OS/c1-2-3-6-15-10-11-19-20(13-15)30-23(27-19)28-22(29)18-9-5-12-25-21(18)26-17-8-4-7-16(24)14-17/h4-5,7-14H,2-3,6H2,1H3,(H,25,26)(H,27,28,29). The Bertz CT molecular complexity index is 1190. The molecule has 0 fully saturated rings. The van der Waals surface area contributed by atoms with Gasteiger partial charge >= 0.3 is 0 Å². The van der Waals surface area contributed by atoms with Crippen molar-refractivity contribution in [3.63, 3.8) is 0 Å². The number of pyridine rings is 1. The molecule has 0 aliphatic heterocycles. The summed E-state index contributed by atoms with van der Waals surface area (Å²) in [6.45, 7) is 2.18. The normalized spacial score (nSPS) is 10.9. The number of aryl methyl sites for hydroxylation is 1. The summed E-state index contributed by atoms with van der Waals surface area (Å²) in [6.07, 6.45) is 4.92. The average molecular weight is 421 g/mol. The molecule has 7 heteroatoms. The molecule has 5 nitrogen and oxygen atoms in total. The van der Waals surface area contributed by atoms with Crippen LogP contribution in [0.5, 0.6) is 0 Å². The zero-order chi connectivity index (χ0) is 20.9. The number of amides is 1. The first-order chi connectivity index (χ1) is 14.6. The number of nitrogens with one attached hydrogen (secondary N) is 2. The van der Waals surface area contributed by atoms with E-state index in [1.807, 2.05) is 6.07 Å². The van der Waals surface area contributed by atoms with E-state index in [1.165, 1.54) is 29.0 Å². The van der Waals surface area contributed by atoms with Gasteiger partial charge < -0.3 is 5.32 Å². The predicted molar refractivity (Wildman–Crippen MR) is 120 cm³/mol. The van der Waals surface area contributed by atoms with E-state index >= 15 is 0 Å². The number of carbonyl (C=O) groups is 1. The van der Waals surface area contributed by atoms with Gasteiger partial charge in [0.15, 0.2) is 5.13 Å². The molecule has 0 atom stereocenters. The van der Waals surface area contributed by atoms with Crippen LogP contribution in [0.3, 0.4) is 0 Å². The summed E-state index contributed by atoms with van der Waals surface area (Å²) in [6, 6.07) is 15.6. The van der Waals surface area contributed by atoms with Gasteiger partial charge in [0.25, 0.3) is 5.91 Å². The number of nitrogens with zero attached hydrogens (tertiary/aromatic N) is 2. The molecule has 4 aromatic rings. The lowest BCUT2D eigenvalue weighted by Gasteiger charge is -2.10. The Hall–Kier alpha value is -3.32. The van der Waals surface area contributed by atoms with E-state index in [2.05, 4.69) is 39.7 Å². The van der Waals surface area contributed by atoms with Crippen molar-refractivity contribution in [2.24, 2.45) is 0 Å². The van der Waals surface area contributed by atoms with Gasteiger partial charge in [-0.05, 0) is 60.9 Å². The first kappa shape index (κ1) is 20.0. The van der Waals surface area contributed by atoms with Gasteiger partial charge in [0.2, 0.25) is 0 Å². The van der Waals surface area contributed by atoms with Crippen LogP contribution in [0.4, 0.5) is 21.0 Å². The maximum atomic E-state index is 13.5. The number of carbonyl (C=O) groups excluding carboxylic acids is 1. The first-order valence-corrected chi connectivity index (χ1v) is 10.6. The van der Waals surface area contributed by atoms with E-state index in [-0.39, 0.29) is 11.7 Å². The Morgan fingerprint density at radius 1 is 1.13 bits per heavy atom. The van der Waals surface area contributed by atoms with E-state index in [0.29, 0.717) is 22.2 Å². The quantitative estimate of drug-likeness (QED) is 0.375. The van der Waals surface area contributed by atoms with Gasteiger partial charge in [-0.25, -0.2) is 14.4 Å². The summed E-state index contributed by atoms with van der Waals surface area (Å²) in [5.41, 5.74) is 3.01. The number of rotatable bonds is 7. The molecular formula is C23H21FN4OS. The number of hydrogen-bond acceptors (Lipinski definition) is 5. The van der Waals surface area contributed by atoms with Gasteiger partial charge in [-0.2, -0.15) is 0 Å². The zero-order valence-electron chi connectivity index (χ0n) is 16.5. The molecule has 2 aromatic carbocycles. The van der Waals surface area contributed by atoms with Crippen LogP contribution < -0.4 is 10.6 Å². The number of benzene rings is 2. The molecule has 4 rings (SSSR count). The maximum absolute atomic E-state index is 13.5. The van der Waals surface area contributed by atoms with Crippen molar-refractivity contribution in [3.05, 3.63) is 77.7 Å². The van der Waals surface area contributed by atoms with Crippen LogP contribution >= 0.6 is 11.3 Å². The summed E-state index contributed by atoms with van der Waals surface area (Å²) in [5, 5.41) is 6.40. The van der Waals surface area contributed by atoms with E-state index in [4.69, 9.17) is 0 Å². The molecule has 0 aliphatic rings. The Morgan fingerprint density at radius 2 is 2.03 bits per heavy atom. The lowest BCUT2D eigenvalue weighted by Crippen LogP contribution is -2.14. The maximum Gasteiger partial charge on any atom is 0.261 e. The highest BCUT2D eigenvalue weighted by Gasteiger charge is 2.15. The molecule has 0 spiro atoms. The highest BCUT2D eigenvalue weighted by molar-refractivity contribution is 7.22. The minimum absolute atomic E-state index is 0.327. The first-order valence-electron chi connectivity index (χ1n) is 9.81. The topological polar surface area (TPSA) is 66.9 Å². The van der Waals surface area contributed by atoms with Crippen molar-refractivity contribution >= 4 is 44.1 Å². The van der Waals surface area contributed by atoms with Gasteiger partial charge in [0.1, 0.15) is 11.6 Å². The lowest BCUT2D eigenvalue weighted by atomic mass is 10.1. The highest BCUT2D eigenvalue weighted by Crippen LogP contribution is 2.28. The molecule has 0 saturated carbocycles. The molecule has 2 heterocycles. The van der Waals surface area contributed by atoms with Crippen LogP contribution in [0, 0.1) is 5.82 Å². The molecular weight excluding hydrogens is 399 g/mol. The molecule has 0 aliphatic carbocycles. The van der Waals surface area contributed by atoms with Gasteiger partial charge in [-0.3, -0.25) is 10.1 Å². The Labute approximate surface area is 178 Å². The molecule has 0 radical (unpaired) electrons. The SMILES string of the molecule is CCCCc1ccc2nc(NC(=O)c3cccnc3Nc3cccc(F)c3)sc2c1. The third-order valence-electron chi connectivity index (χ3n) is 4.63. The van der Waals surface area contributed by atoms with Gasteiger partial charge in [-0.1, -0.05) is 36.8 Å². The molecule has 0 saturated heterocycles. The fourth-order valence-corrected chi connectivity index (χ4v) is 4.04. The smallest absolute Gasteiger partial charge is 0.261 e. The summed E-state index contributed by atoms with van der Waals surface area (Å²) in [4.78, 5) is 21.6. The van der Waals surface area contributed by atoms with Crippen molar-refractivity contribution in [2.75, 3.05) is 10.6 Å². The van der Waals surface area contributed by atoms with Crippen LogP contribution in [0.1, 0.15) is 35.7 Å². The second-order valence-corrected chi connectivity index (χ2v) is 7.94. The highest BCUT2D eigenvalue weighted by atomic mass is 32.1. The molecule has 2 N–H and O–H groups in total. The van der Waals surface area contributed by atoms with E-state index in [0.717, 1.165) is 29.5 Å².